The van der Waals surface area contributed by atoms with E-state index in [2.05, 4.69) is 15.5 Å². The molecule has 0 aliphatic heterocycles. The highest BCUT2D eigenvalue weighted by Crippen LogP contribution is 2.21. The van der Waals surface area contributed by atoms with Gasteiger partial charge in [0.15, 0.2) is 0 Å². The molecule has 1 N–H and O–H groups in total. The number of benzene rings is 2. The third kappa shape index (κ3) is 3.71. The summed E-state index contributed by atoms with van der Waals surface area (Å²) in [5, 5.41) is 10.2. The van der Waals surface area contributed by atoms with Crippen molar-refractivity contribution in [3.63, 3.8) is 0 Å². The van der Waals surface area contributed by atoms with E-state index in [1.165, 1.54) is 12.1 Å². The van der Waals surface area contributed by atoms with E-state index in [1.807, 2.05) is 6.92 Å². The zero-order chi connectivity index (χ0) is 17.8. The Kier molecular flexibility index (Phi) is 4.83. The van der Waals surface area contributed by atoms with E-state index in [-0.39, 0.29) is 11.5 Å². The molecule has 3 aromatic rings. The number of nitrogens with zero attached hydrogens (tertiary/aromatic N) is 3. The quantitative estimate of drug-likeness (QED) is 0.773. The standard InChI is InChI=1S/C18H16F2N4O/c1-2-17(15-8-5-13(19)9-16(15)20)23-18(25)12-3-6-14(7-4-12)24-10-21-22-11-24/h3-11,17H,2H2,1H3,(H,23,25)/t17-/m1/s1. The lowest BCUT2D eigenvalue weighted by Gasteiger charge is -2.18. The normalized spacial score (nSPS) is 12.0. The maximum absolute atomic E-state index is 13.9. The Balaban J connectivity index is 1.76. The van der Waals surface area contributed by atoms with Gasteiger partial charge >= 0.3 is 0 Å². The molecule has 0 radical (unpaired) electrons. The van der Waals surface area contributed by atoms with E-state index in [0.29, 0.717) is 12.0 Å². The third-order valence-corrected chi connectivity index (χ3v) is 3.90. The molecule has 128 valence electrons. The maximum atomic E-state index is 13.9. The second-order valence-corrected chi connectivity index (χ2v) is 5.52. The van der Waals surface area contributed by atoms with Crippen molar-refractivity contribution in [2.45, 2.75) is 19.4 Å². The molecule has 1 heterocycles. The monoisotopic (exact) mass is 342 g/mol. The van der Waals surface area contributed by atoms with Gasteiger partial charge in [-0.3, -0.25) is 9.36 Å². The molecule has 0 unspecified atom stereocenters. The van der Waals surface area contributed by atoms with Gasteiger partial charge in [-0.2, -0.15) is 0 Å². The van der Waals surface area contributed by atoms with Gasteiger partial charge in [-0.1, -0.05) is 13.0 Å². The lowest BCUT2D eigenvalue weighted by molar-refractivity contribution is 0.0935. The molecule has 3 rings (SSSR count). The summed E-state index contributed by atoms with van der Waals surface area (Å²) >= 11 is 0. The van der Waals surface area contributed by atoms with Gasteiger partial charge in [0, 0.05) is 22.9 Å². The molecule has 1 atom stereocenters. The van der Waals surface area contributed by atoms with Crippen molar-refractivity contribution in [1.29, 1.82) is 0 Å². The van der Waals surface area contributed by atoms with Crippen LogP contribution in [0.1, 0.15) is 35.3 Å². The Morgan fingerprint density at radius 2 is 1.80 bits per heavy atom. The van der Waals surface area contributed by atoms with E-state index in [4.69, 9.17) is 0 Å². The first-order valence-corrected chi connectivity index (χ1v) is 7.79. The topological polar surface area (TPSA) is 59.8 Å². The Labute approximate surface area is 143 Å². The average molecular weight is 342 g/mol. The minimum Gasteiger partial charge on any atom is -0.345 e. The van der Waals surface area contributed by atoms with E-state index in [9.17, 15) is 13.6 Å². The molecule has 25 heavy (non-hydrogen) atoms. The minimum atomic E-state index is -0.671. The van der Waals surface area contributed by atoms with Crippen molar-refractivity contribution >= 4 is 5.91 Å². The highest BCUT2D eigenvalue weighted by atomic mass is 19.1. The number of rotatable bonds is 5. The first-order chi connectivity index (χ1) is 12.1. The van der Waals surface area contributed by atoms with Crippen LogP contribution < -0.4 is 5.32 Å². The van der Waals surface area contributed by atoms with Crippen LogP contribution in [0, 0.1) is 11.6 Å². The molecule has 0 saturated heterocycles. The molecule has 0 saturated carbocycles. The summed E-state index contributed by atoms with van der Waals surface area (Å²) < 4.78 is 28.7. The van der Waals surface area contributed by atoms with E-state index >= 15 is 0 Å². The summed E-state index contributed by atoms with van der Waals surface area (Å²) in [7, 11) is 0. The van der Waals surface area contributed by atoms with Gasteiger partial charge in [-0.15, -0.1) is 10.2 Å². The maximum Gasteiger partial charge on any atom is 0.251 e. The van der Waals surface area contributed by atoms with Crippen LogP contribution >= 0.6 is 0 Å². The van der Waals surface area contributed by atoms with Crippen LogP contribution in [0.2, 0.25) is 0 Å². The summed E-state index contributed by atoms with van der Waals surface area (Å²) in [5.41, 5.74) is 1.52. The second kappa shape index (κ2) is 7.21. The predicted octanol–water partition coefficient (Wildman–Crippen LogP) is 3.43. The first-order valence-electron chi connectivity index (χ1n) is 7.79. The smallest absolute Gasteiger partial charge is 0.251 e. The van der Waals surface area contributed by atoms with Crippen LogP contribution in [0.3, 0.4) is 0 Å². The largest absolute Gasteiger partial charge is 0.345 e. The molecule has 0 fully saturated rings. The minimum absolute atomic E-state index is 0.262. The predicted molar refractivity (Wildman–Crippen MR) is 88.2 cm³/mol. The van der Waals surface area contributed by atoms with Gasteiger partial charge in [-0.05, 0) is 36.8 Å². The molecule has 7 heteroatoms. The Bertz CT molecular complexity index is 863. The zero-order valence-electron chi connectivity index (χ0n) is 13.5. The summed E-state index contributed by atoms with van der Waals surface area (Å²) in [6.45, 7) is 1.82. The third-order valence-electron chi connectivity index (χ3n) is 3.90. The lowest BCUT2D eigenvalue weighted by atomic mass is 10.0. The van der Waals surface area contributed by atoms with Gasteiger partial charge in [0.2, 0.25) is 0 Å². The van der Waals surface area contributed by atoms with Crippen molar-refractivity contribution in [3.8, 4) is 5.69 Å². The number of nitrogens with one attached hydrogen (secondary N) is 1. The van der Waals surface area contributed by atoms with Crippen LogP contribution in [0.5, 0.6) is 0 Å². The lowest BCUT2D eigenvalue weighted by Crippen LogP contribution is -2.28. The van der Waals surface area contributed by atoms with Crippen LogP contribution in [0.15, 0.2) is 55.1 Å². The second-order valence-electron chi connectivity index (χ2n) is 5.52. The highest BCUT2D eigenvalue weighted by molar-refractivity contribution is 5.94. The molecular formula is C18H16F2N4O. The summed E-state index contributed by atoms with van der Waals surface area (Å²) in [4.78, 5) is 12.4. The molecule has 0 bridgehead atoms. The summed E-state index contributed by atoms with van der Waals surface area (Å²) in [6, 6.07) is 9.67. The molecule has 1 amide bonds. The molecule has 0 spiro atoms. The van der Waals surface area contributed by atoms with Crippen molar-refractivity contribution in [2.24, 2.45) is 0 Å². The zero-order valence-corrected chi connectivity index (χ0v) is 13.5. The molecule has 5 nitrogen and oxygen atoms in total. The number of hydrogen-bond donors (Lipinski definition) is 1. The van der Waals surface area contributed by atoms with Crippen LogP contribution in [0.4, 0.5) is 8.78 Å². The van der Waals surface area contributed by atoms with Crippen LogP contribution in [-0.2, 0) is 0 Å². The van der Waals surface area contributed by atoms with Crippen molar-refractivity contribution in [3.05, 3.63) is 77.9 Å². The summed E-state index contributed by atoms with van der Waals surface area (Å²) in [5.74, 6) is -1.65. The number of carbonyl (C=O) groups is 1. The molecule has 1 aromatic heterocycles. The van der Waals surface area contributed by atoms with Crippen molar-refractivity contribution in [1.82, 2.24) is 20.1 Å². The fourth-order valence-electron chi connectivity index (χ4n) is 2.54. The summed E-state index contributed by atoms with van der Waals surface area (Å²) in [6.07, 6.45) is 3.59. The Hall–Kier alpha value is -3.09. The number of carbonyl (C=O) groups excluding carboxylic acids is 1. The van der Waals surface area contributed by atoms with Crippen molar-refractivity contribution in [2.75, 3.05) is 0 Å². The van der Waals surface area contributed by atoms with E-state index < -0.39 is 17.7 Å². The molecule has 2 aromatic carbocycles. The number of halogens is 2. The fraction of sp³-hybridized carbons (Fsp3) is 0.167. The molecular weight excluding hydrogens is 326 g/mol. The highest BCUT2D eigenvalue weighted by Gasteiger charge is 2.18. The molecule has 0 aliphatic carbocycles. The van der Waals surface area contributed by atoms with Gasteiger partial charge < -0.3 is 5.32 Å². The van der Waals surface area contributed by atoms with Gasteiger partial charge in [-0.25, -0.2) is 8.78 Å². The Morgan fingerprint density at radius 3 is 2.40 bits per heavy atom. The SMILES string of the molecule is CC[C@@H](NC(=O)c1ccc(-n2cnnc2)cc1)c1ccc(F)cc1F. The van der Waals surface area contributed by atoms with Crippen LogP contribution in [-0.4, -0.2) is 20.7 Å². The van der Waals surface area contributed by atoms with Gasteiger partial charge in [0.25, 0.3) is 5.91 Å². The number of hydrogen-bond acceptors (Lipinski definition) is 3. The van der Waals surface area contributed by atoms with E-state index in [0.717, 1.165) is 11.8 Å². The van der Waals surface area contributed by atoms with Gasteiger partial charge in [0.05, 0.1) is 6.04 Å². The van der Waals surface area contributed by atoms with Crippen molar-refractivity contribution < 1.29 is 13.6 Å². The van der Waals surface area contributed by atoms with E-state index in [1.54, 1.807) is 41.5 Å². The van der Waals surface area contributed by atoms with Crippen LogP contribution in [0.25, 0.3) is 5.69 Å². The number of amides is 1. The average Bonchev–Trinajstić information content (AvgIpc) is 3.15. The first kappa shape index (κ1) is 16.8. The fourth-order valence-corrected chi connectivity index (χ4v) is 2.54. The Morgan fingerprint density at radius 1 is 1.12 bits per heavy atom. The molecule has 0 aliphatic rings. The van der Waals surface area contributed by atoms with Gasteiger partial charge in [0.1, 0.15) is 24.3 Å². The number of aromatic nitrogens is 3.